The number of pyridine rings is 1. The molecule has 0 saturated heterocycles. The van der Waals surface area contributed by atoms with Gasteiger partial charge in [-0.15, -0.1) is 0 Å². The number of hydrogen-bond acceptors (Lipinski definition) is 4. The molecule has 4 nitrogen and oxygen atoms in total. The van der Waals surface area contributed by atoms with Gasteiger partial charge in [-0.2, -0.15) is 0 Å². The zero-order chi connectivity index (χ0) is 12.2. The highest BCUT2D eigenvalue weighted by atomic mass is 16.3. The third-order valence-electron chi connectivity index (χ3n) is 2.68. The van der Waals surface area contributed by atoms with Gasteiger partial charge in [0.05, 0.1) is 0 Å². The molecule has 1 aromatic rings. The maximum Gasteiger partial charge on any atom is 0.127 e. The van der Waals surface area contributed by atoms with Gasteiger partial charge in [-0.25, -0.2) is 4.98 Å². The van der Waals surface area contributed by atoms with E-state index in [9.17, 15) is 0 Å². The van der Waals surface area contributed by atoms with Crippen molar-refractivity contribution in [1.29, 1.82) is 0 Å². The second kappa shape index (κ2) is 5.16. The number of aromatic nitrogens is 1. The molecular formula is C12H21N3O. The number of nitrogens with two attached hydrogens (primary N) is 1. The summed E-state index contributed by atoms with van der Waals surface area (Å²) in [6, 6.07) is 1.84. The fourth-order valence-corrected chi connectivity index (χ4v) is 1.36. The van der Waals surface area contributed by atoms with Crippen molar-refractivity contribution in [2.24, 2.45) is 5.41 Å². The lowest BCUT2D eigenvalue weighted by atomic mass is 9.90. The fraction of sp³-hybridized carbons (Fsp3) is 0.583. The van der Waals surface area contributed by atoms with Crippen molar-refractivity contribution >= 4 is 11.5 Å². The Morgan fingerprint density at radius 2 is 2.19 bits per heavy atom. The van der Waals surface area contributed by atoms with Crippen molar-refractivity contribution in [3.8, 4) is 0 Å². The van der Waals surface area contributed by atoms with E-state index in [1.54, 1.807) is 6.20 Å². The first-order chi connectivity index (χ1) is 7.44. The van der Waals surface area contributed by atoms with Crippen LogP contribution in [0.4, 0.5) is 11.5 Å². The summed E-state index contributed by atoms with van der Waals surface area (Å²) < 4.78 is 0. The highest BCUT2D eigenvalue weighted by Gasteiger charge is 2.16. The standard InChI is InChI=1S/C12H21N3O/c1-9-7-14-11(6-10(9)13)15-8-12(2,3)4-5-16/h6-7,16H,4-5,8H2,1-3H3,(H3,13,14,15). The van der Waals surface area contributed by atoms with Crippen LogP contribution in [0.1, 0.15) is 25.8 Å². The maximum atomic E-state index is 8.92. The Morgan fingerprint density at radius 3 is 2.75 bits per heavy atom. The van der Waals surface area contributed by atoms with Crippen LogP contribution in [0.5, 0.6) is 0 Å². The highest BCUT2D eigenvalue weighted by molar-refractivity contribution is 5.53. The molecule has 1 rings (SSSR count). The molecule has 4 N–H and O–H groups in total. The Balaban J connectivity index is 2.57. The summed E-state index contributed by atoms with van der Waals surface area (Å²) in [4.78, 5) is 4.25. The first kappa shape index (κ1) is 12.8. The van der Waals surface area contributed by atoms with Gasteiger partial charge < -0.3 is 16.2 Å². The van der Waals surface area contributed by atoms with Gasteiger partial charge >= 0.3 is 0 Å². The molecule has 0 amide bonds. The normalized spacial score (nSPS) is 11.5. The SMILES string of the molecule is Cc1cnc(NCC(C)(C)CCO)cc1N. The minimum absolute atomic E-state index is 0.0517. The van der Waals surface area contributed by atoms with Crippen molar-refractivity contribution in [1.82, 2.24) is 4.98 Å². The molecule has 4 heteroatoms. The number of rotatable bonds is 5. The number of anilines is 2. The zero-order valence-corrected chi connectivity index (χ0v) is 10.2. The monoisotopic (exact) mass is 223 g/mol. The number of aryl methyl sites for hydroxylation is 1. The lowest BCUT2D eigenvalue weighted by Gasteiger charge is -2.24. The van der Waals surface area contributed by atoms with Crippen LogP contribution in [0.3, 0.4) is 0 Å². The van der Waals surface area contributed by atoms with Gasteiger partial charge in [0.2, 0.25) is 0 Å². The van der Waals surface area contributed by atoms with Crippen LogP contribution < -0.4 is 11.1 Å². The Morgan fingerprint density at radius 1 is 1.50 bits per heavy atom. The number of aliphatic hydroxyl groups is 1. The molecule has 0 radical (unpaired) electrons. The second-order valence-corrected chi connectivity index (χ2v) is 4.92. The van der Waals surface area contributed by atoms with Crippen molar-refractivity contribution in [3.05, 3.63) is 17.8 Å². The predicted molar refractivity (Wildman–Crippen MR) is 67.4 cm³/mol. The van der Waals surface area contributed by atoms with E-state index in [1.807, 2.05) is 13.0 Å². The molecule has 0 aliphatic carbocycles. The van der Waals surface area contributed by atoms with Crippen molar-refractivity contribution < 1.29 is 5.11 Å². The van der Waals surface area contributed by atoms with Crippen LogP contribution >= 0.6 is 0 Å². The molecule has 0 aliphatic heterocycles. The quantitative estimate of drug-likeness (QED) is 0.711. The minimum atomic E-state index is 0.0517. The Kier molecular flexibility index (Phi) is 4.12. The van der Waals surface area contributed by atoms with Gasteiger partial charge in [-0.05, 0) is 24.3 Å². The van der Waals surface area contributed by atoms with Crippen LogP contribution in [0.25, 0.3) is 0 Å². The Labute approximate surface area is 96.9 Å². The summed E-state index contributed by atoms with van der Waals surface area (Å²) in [7, 11) is 0. The van der Waals surface area contributed by atoms with Gasteiger partial charge in [0, 0.05) is 31.1 Å². The molecule has 16 heavy (non-hydrogen) atoms. The molecule has 0 aromatic carbocycles. The van der Waals surface area contributed by atoms with Gasteiger partial charge in [0.25, 0.3) is 0 Å². The second-order valence-electron chi connectivity index (χ2n) is 4.92. The fourth-order valence-electron chi connectivity index (χ4n) is 1.36. The first-order valence-corrected chi connectivity index (χ1v) is 5.51. The number of nitrogens with one attached hydrogen (secondary N) is 1. The average Bonchev–Trinajstić information content (AvgIpc) is 2.20. The Bertz CT molecular complexity index is 350. The van der Waals surface area contributed by atoms with Gasteiger partial charge in [-0.1, -0.05) is 13.8 Å². The smallest absolute Gasteiger partial charge is 0.127 e. The van der Waals surface area contributed by atoms with Crippen LogP contribution in [-0.2, 0) is 0 Å². The summed E-state index contributed by atoms with van der Waals surface area (Å²) in [5, 5.41) is 12.2. The molecule has 0 saturated carbocycles. The first-order valence-electron chi connectivity index (χ1n) is 5.51. The highest BCUT2D eigenvalue weighted by Crippen LogP contribution is 2.21. The molecule has 0 unspecified atom stereocenters. The van der Waals surface area contributed by atoms with E-state index in [1.165, 1.54) is 0 Å². The summed E-state index contributed by atoms with van der Waals surface area (Å²) in [5.41, 5.74) is 7.58. The van der Waals surface area contributed by atoms with Crippen LogP contribution in [0, 0.1) is 12.3 Å². The molecule has 90 valence electrons. The van der Waals surface area contributed by atoms with Crippen molar-refractivity contribution in [2.45, 2.75) is 27.2 Å². The summed E-state index contributed by atoms with van der Waals surface area (Å²) in [5.74, 6) is 0.786. The average molecular weight is 223 g/mol. The topological polar surface area (TPSA) is 71.2 Å². The lowest BCUT2D eigenvalue weighted by Crippen LogP contribution is -2.24. The predicted octanol–water partition coefficient (Wildman–Crippen LogP) is 1.79. The van der Waals surface area contributed by atoms with E-state index >= 15 is 0 Å². The zero-order valence-electron chi connectivity index (χ0n) is 10.2. The van der Waals surface area contributed by atoms with E-state index in [0.29, 0.717) is 0 Å². The maximum absolute atomic E-state index is 8.92. The number of nitrogen functional groups attached to an aromatic ring is 1. The molecule has 1 aromatic heterocycles. The van der Waals surface area contributed by atoms with Gasteiger partial charge in [-0.3, -0.25) is 0 Å². The molecule has 1 heterocycles. The van der Waals surface area contributed by atoms with E-state index < -0.39 is 0 Å². The summed E-state index contributed by atoms with van der Waals surface area (Å²) in [6.45, 7) is 7.12. The van der Waals surface area contributed by atoms with Gasteiger partial charge in [0.15, 0.2) is 0 Å². The largest absolute Gasteiger partial charge is 0.398 e. The number of nitrogens with zero attached hydrogens (tertiary/aromatic N) is 1. The number of hydrogen-bond donors (Lipinski definition) is 3. The van der Waals surface area contributed by atoms with E-state index in [0.717, 1.165) is 30.0 Å². The van der Waals surface area contributed by atoms with E-state index in [2.05, 4.69) is 24.1 Å². The van der Waals surface area contributed by atoms with Crippen molar-refractivity contribution in [2.75, 3.05) is 24.2 Å². The van der Waals surface area contributed by atoms with Crippen molar-refractivity contribution in [3.63, 3.8) is 0 Å². The third-order valence-corrected chi connectivity index (χ3v) is 2.68. The molecule has 0 spiro atoms. The summed E-state index contributed by atoms with van der Waals surface area (Å²) >= 11 is 0. The van der Waals surface area contributed by atoms with Crippen LogP contribution in [0.2, 0.25) is 0 Å². The molecule has 0 aliphatic rings. The molecule has 0 fully saturated rings. The lowest BCUT2D eigenvalue weighted by molar-refractivity contribution is 0.220. The molecule has 0 bridgehead atoms. The summed E-state index contributed by atoms with van der Waals surface area (Å²) in [6.07, 6.45) is 2.53. The van der Waals surface area contributed by atoms with Crippen LogP contribution in [-0.4, -0.2) is 23.2 Å². The van der Waals surface area contributed by atoms with E-state index in [4.69, 9.17) is 10.8 Å². The Hall–Kier alpha value is -1.29. The van der Waals surface area contributed by atoms with Gasteiger partial charge in [0.1, 0.15) is 5.82 Å². The molecule has 0 atom stereocenters. The third kappa shape index (κ3) is 3.70. The van der Waals surface area contributed by atoms with E-state index in [-0.39, 0.29) is 12.0 Å². The van der Waals surface area contributed by atoms with Crippen LogP contribution in [0.15, 0.2) is 12.3 Å². The minimum Gasteiger partial charge on any atom is -0.398 e. The molecular weight excluding hydrogens is 202 g/mol. The number of aliphatic hydroxyl groups excluding tert-OH is 1.